The molecule has 12 nitrogen and oxygen atoms in total. The number of benzene rings is 2. The van der Waals surface area contributed by atoms with Crippen LogP contribution in [0.2, 0.25) is 0 Å². The van der Waals surface area contributed by atoms with Crippen LogP contribution in [0.3, 0.4) is 0 Å². The van der Waals surface area contributed by atoms with E-state index in [9.17, 15) is 24.6 Å². The molecule has 0 radical (unpaired) electrons. The summed E-state index contributed by atoms with van der Waals surface area (Å²) in [5.41, 5.74) is 1.38. The molecule has 0 saturated carbocycles. The number of cyclic esters (lactones) is 1. The van der Waals surface area contributed by atoms with Crippen molar-refractivity contribution in [2.45, 2.75) is 70.3 Å². The van der Waals surface area contributed by atoms with E-state index < -0.39 is 23.7 Å². The largest absolute Gasteiger partial charge is 0.507 e. The van der Waals surface area contributed by atoms with Crippen molar-refractivity contribution < 1.29 is 43.5 Å². The van der Waals surface area contributed by atoms with Gasteiger partial charge in [0.15, 0.2) is 11.5 Å². The van der Waals surface area contributed by atoms with Crippen molar-refractivity contribution in [1.29, 1.82) is 0 Å². The summed E-state index contributed by atoms with van der Waals surface area (Å²) in [6, 6.07) is 4.65. The number of ketones is 1. The predicted molar refractivity (Wildman–Crippen MR) is 174 cm³/mol. The zero-order valence-corrected chi connectivity index (χ0v) is 27.3. The number of phenols is 2. The number of nitrogens with one attached hydrogen (secondary N) is 2. The third kappa shape index (κ3) is 8.84. The number of carbonyl (C=O) groups is 3. The highest BCUT2D eigenvalue weighted by molar-refractivity contribution is 5.98. The maximum Gasteiger partial charge on any atom is 0.342 e. The zero-order valence-electron chi connectivity index (χ0n) is 27.3. The van der Waals surface area contributed by atoms with Crippen LogP contribution in [0.1, 0.15) is 90.5 Å². The van der Waals surface area contributed by atoms with E-state index in [0.717, 1.165) is 5.69 Å². The second-order valence-electron chi connectivity index (χ2n) is 11.5. The lowest BCUT2D eigenvalue weighted by Gasteiger charge is -2.24. The van der Waals surface area contributed by atoms with Crippen molar-refractivity contribution in [2.75, 3.05) is 27.9 Å². The standard InChI is InChI=1S/C35H43N3O9/c1-21-9-8-12-25(39)11-7-5-6-10-22-15-27(40)32(33(42)31(22)35(43)47-21)26(18-30(41)37-14-13-24-19-36-20-38-24)23-16-28(44-2)34(46-4)29(17-23)45-3/h6,10,15-17,19-21,26,40,42H,5,7-9,11-14,18H2,1-4H3,(H,36,38)(H,37,41)/b10-6+/t21-,26?/m0/s1. The van der Waals surface area contributed by atoms with Gasteiger partial charge in [0.05, 0.1) is 33.8 Å². The molecular weight excluding hydrogens is 606 g/mol. The number of methoxy groups -OCH3 is 3. The van der Waals surface area contributed by atoms with Crippen molar-refractivity contribution in [3.8, 4) is 28.7 Å². The number of H-pyrrole nitrogens is 1. The summed E-state index contributed by atoms with van der Waals surface area (Å²) in [7, 11) is 4.38. The lowest BCUT2D eigenvalue weighted by molar-refractivity contribution is -0.121. The summed E-state index contributed by atoms with van der Waals surface area (Å²) in [4.78, 5) is 46.2. The molecule has 2 atom stereocenters. The van der Waals surface area contributed by atoms with Gasteiger partial charge in [0, 0.05) is 55.6 Å². The quantitative estimate of drug-likeness (QED) is 0.214. The Bertz CT molecular complexity index is 1560. The Morgan fingerprint density at radius 1 is 1.09 bits per heavy atom. The number of ether oxygens (including phenoxy) is 4. The number of aromatic hydroxyl groups is 2. The minimum Gasteiger partial charge on any atom is -0.507 e. The highest BCUT2D eigenvalue weighted by Gasteiger charge is 2.32. The van der Waals surface area contributed by atoms with Crippen LogP contribution >= 0.6 is 0 Å². The average Bonchev–Trinajstić information content (AvgIpc) is 3.56. The monoisotopic (exact) mass is 649 g/mol. The van der Waals surface area contributed by atoms with Gasteiger partial charge >= 0.3 is 5.97 Å². The molecule has 1 aromatic heterocycles. The first-order chi connectivity index (χ1) is 22.7. The van der Waals surface area contributed by atoms with Crippen LogP contribution in [0.25, 0.3) is 6.08 Å². The minimum atomic E-state index is -0.963. The molecule has 0 fully saturated rings. The zero-order chi connectivity index (χ0) is 33.9. The van der Waals surface area contributed by atoms with Crippen LogP contribution in [0.5, 0.6) is 28.7 Å². The summed E-state index contributed by atoms with van der Waals surface area (Å²) >= 11 is 0. The van der Waals surface area contributed by atoms with Gasteiger partial charge in [0.25, 0.3) is 0 Å². The Morgan fingerprint density at radius 2 is 1.81 bits per heavy atom. The molecule has 2 heterocycles. The van der Waals surface area contributed by atoms with Gasteiger partial charge in [-0.05, 0) is 61.9 Å². The van der Waals surface area contributed by atoms with Crippen molar-refractivity contribution >= 4 is 23.7 Å². The number of Topliss-reactive ketones (excluding diaryl/α,β-unsaturated/α-hetero) is 1. The Labute approximate surface area is 274 Å². The van der Waals surface area contributed by atoms with Crippen LogP contribution in [0, 0.1) is 0 Å². The van der Waals surface area contributed by atoms with E-state index >= 15 is 0 Å². The SMILES string of the molecule is COc1cc(C(CC(=O)NCCc2cnc[nH]2)c2c(O)cc3c(c2O)C(=O)O[C@@H](C)CCCC(=O)CCC/C=C/3)cc(OC)c1OC. The van der Waals surface area contributed by atoms with Crippen molar-refractivity contribution in [3.05, 3.63) is 64.7 Å². The van der Waals surface area contributed by atoms with E-state index in [4.69, 9.17) is 18.9 Å². The smallest absolute Gasteiger partial charge is 0.342 e. The first kappa shape index (κ1) is 34.9. The summed E-state index contributed by atoms with van der Waals surface area (Å²) < 4.78 is 22.3. The number of imidazole rings is 1. The number of hydrogen-bond acceptors (Lipinski definition) is 10. The third-order valence-electron chi connectivity index (χ3n) is 8.15. The normalized spacial score (nSPS) is 17.1. The fraction of sp³-hybridized carbons (Fsp3) is 0.429. The van der Waals surface area contributed by atoms with Crippen LogP contribution in [0.4, 0.5) is 0 Å². The molecule has 47 heavy (non-hydrogen) atoms. The molecule has 1 aliphatic rings. The number of carbonyl (C=O) groups excluding carboxylic acids is 3. The first-order valence-corrected chi connectivity index (χ1v) is 15.7. The fourth-order valence-corrected chi connectivity index (χ4v) is 5.72. The van der Waals surface area contributed by atoms with Gasteiger partial charge in [-0.15, -0.1) is 0 Å². The molecule has 12 heteroatoms. The summed E-state index contributed by atoms with van der Waals surface area (Å²) in [6.45, 7) is 2.04. The Balaban J connectivity index is 1.81. The molecule has 1 amide bonds. The van der Waals surface area contributed by atoms with E-state index in [1.54, 1.807) is 43.7 Å². The highest BCUT2D eigenvalue weighted by Crippen LogP contribution is 2.47. The van der Waals surface area contributed by atoms with E-state index in [1.807, 2.05) is 0 Å². The molecule has 3 aromatic rings. The second kappa shape index (κ2) is 16.5. The van der Waals surface area contributed by atoms with E-state index in [-0.39, 0.29) is 40.6 Å². The van der Waals surface area contributed by atoms with Crippen molar-refractivity contribution in [2.24, 2.45) is 0 Å². The molecule has 0 saturated heterocycles. The van der Waals surface area contributed by atoms with E-state index in [1.165, 1.54) is 27.4 Å². The van der Waals surface area contributed by atoms with E-state index in [0.29, 0.717) is 74.3 Å². The predicted octanol–water partition coefficient (Wildman–Crippen LogP) is 5.21. The highest BCUT2D eigenvalue weighted by atomic mass is 16.5. The molecule has 1 aliphatic heterocycles. The lowest BCUT2D eigenvalue weighted by atomic mass is 9.84. The molecule has 2 aromatic carbocycles. The number of allylic oxidation sites excluding steroid dienone is 1. The van der Waals surface area contributed by atoms with Gasteiger partial charge in [-0.1, -0.05) is 12.2 Å². The Hall–Kier alpha value is -5.00. The number of phenolic OH excluding ortho intramolecular Hbond substituents is 2. The Morgan fingerprint density at radius 3 is 2.47 bits per heavy atom. The maximum absolute atomic E-state index is 13.6. The number of rotatable bonds is 10. The number of fused-ring (bicyclic) bond motifs is 1. The van der Waals surface area contributed by atoms with Crippen LogP contribution < -0.4 is 19.5 Å². The minimum absolute atomic E-state index is 0.0357. The number of aromatic amines is 1. The van der Waals surface area contributed by atoms with E-state index in [2.05, 4.69) is 15.3 Å². The number of esters is 1. The molecule has 0 bridgehead atoms. The Kier molecular flexibility index (Phi) is 12.3. The lowest BCUT2D eigenvalue weighted by Crippen LogP contribution is -2.27. The number of hydrogen-bond donors (Lipinski definition) is 4. The summed E-state index contributed by atoms with van der Waals surface area (Å²) in [5.74, 6) is -1.85. The number of amides is 1. The molecule has 0 spiro atoms. The summed E-state index contributed by atoms with van der Waals surface area (Å²) in [5, 5.41) is 26.2. The van der Waals surface area contributed by atoms with Gasteiger partial charge in [0.1, 0.15) is 22.8 Å². The average molecular weight is 650 g/mol. The van der Waals surface area contributed by atoms with Gasteiger partial charge in [-0.25, -0.2) is 9.78 Å². The van der Waals surface area contributed by atoms with Crippen molar-refractivity contribution in [3.63, 3.8) is 0 Å². The second-order valence-corrected chi connectivity index (χ2v) is 11.5. The first-order valence-electron chi connectivity index (χ1n) is 15.7. The molecule has 252 valence electrons. The van der Waals surface area contributed by atoms with Crippen LogP contribution in [-0.4, -0.2) is 71.8 Å². The molecule has 4 rings (SSSR count). The van der Waals surface area contributed by atoms with Crippen molar-refractivity contribution in [1.82, 2.24) is 15.3 Å². The van der Waals surface area contributed by atoms with Gasteiger partial charge < -0.3 is 39.5 Å². The third-order valence-corrected chi connectivity index (χ3v) is 8.15. The topological polar surface area (TPSA) is 169 Å². The van der Waals surface area contributed by atoms with Gasteiger partial charge in [-0.3, -0.25) is 9.59 Å². The van der Waals surface area contributed by atoms with Crippen LogP contribution in [0.15, 0.2) is 36.8 Å². The molecular formula is C35H43N3O9. The molecule has 4 N–H and O–H groups in total. The molecule has 0 aliphatic carbocycles. The number of nitrogens with zero attached hydrogens (tertiary/aromatic N) is 1. The maximum atomic E-state index is 13.6. The van der Waals surface area contributed by atoms with Crippen LogP contribution in [-0.2, 0) is 20.7 Å². The van der Waals surface area contributed by atoms with Gasteiger partial charge in [0.2, 0.25) is 11.7 Å². The van der Waals surface area contributed by atoms with Gasteiger partial charge in [-0.2, -0.15) is 0 Å². The summed E-state index contributed by atoms with van der Waals surface area (Å²) in [6.07, 6.45) is 9.51. The number of aromatic nitrogens is 2. The fourth-order valence-electron chi connectivity index (χ4n) is 5.72. The molecule has 1 unspecified atom stereocenters.